The van der Waals surface area contributed by atoms with Crippen molar-refractivity contribution in [2.45, 2.75) is 0 Å². The molecule has 0 fully saturated rings. The minimum atomic E-state index is -0.404. The molecule has 0 aromatic heterocycles. The molecular formula is C16H14ClNO3. The predicted octanol–water partition coefficient (Wildman–Crippen LogP) is 2.96. The Labute approximate surface area is 127 Å². The van der Waals surface area contributed by atoms with Crippen LogP contribution in [-0.2, 0) is 0 Å². The minimum absolute atomic E-state index is 0.0848. The van der Waals surface area contributed by atoms with Gasteiger partial charge in [0, 0.05) is 10.6 Å². The Kier molecular flexibility index (Phi) is 4.95. The zero-order valence-corrected chi connectivity index (χ0v) is 12.2. The lowest BCUT2D eigenvalue weighted by Crippen LogP contribution is -2.29. The third-order valence-electron chi connectivity index (χ3n) is 2.91. The molecule has 1 amide bonds. The zero-order valence-electron chi connectivity index (χ0n) is 11.4. The van der Waals surface area contributed by atoms with E-state index in [0.29, 0.717) is 21.9 Å². The molecule has 0 saturated carbocycles. The number of halogens is 1. The van der Waals surface area contributed by atoms with Gasteiger partial charge in [-0.2, -0.15) is 0 Å². The van der Waals surface area contributed by atoms with Crippen LogP contribution in [0.25, 0.3) is 0 Å². The van der Waals surface area contributed by atoms with Crippen LogP contribution in [0.3, 0.4) is 0 Å². The van der Waals surface area contributed by atoms with Crippen molar-refractivity contribution in [3.63, 3.8) is 0 Å². The first-order valence-corrected chi connectivity index (χ1v) is 6.69. The summed E-state index contributed by atoms with van der Waals surface area (Å²) in [5, 5.41) is 3.00. The summed E-state index contributed by atoms with van der Waals surface area (Å²) in [6.45, 7) is -0.0848. The molecule has 4 nitrogen and oxygen atoms in total. The number of rotatable bonds is 5. The number of ether oxygens (including phenoxy) is 1. The molecule has 0 spiro atoms. The fourth-order valence-corrected chi connectivity index (χ4v) is 2.01. The molecule has 1 N–H and O–H groups in total. The number of hydrogen-bond donors (Lipinski definition) is 1. The Morgan fingerprint density at radius 1 is 1.14 bits per heavy atom. The number of hydrogen-bond acceptors (Lipinski definition) is 3. The Hall–Kier alpha value is -2.33. The summed E-state index contributed by atoms with van der Waals surface area (Å²) in [6, 6.07) is 13.5. The van der Waals surface area contributed by atoms with Crippen LogP contribution in [0.15, 0.2) is 48.5 Å². The molecule has 0 atom stereocenters. The van der Waals surface area contributed by atoms with Crippen LogP contribution in [0.2, 0.25) is 5.02 Å². The second-order valence-electron chi connectivity index (χ2n) is 4.32. The van der Waals surface area contributed by atoms with Crippen molar-refractivity contribution in [1.29, 1.82) is 0 Å². The summed E-state index contributed by atoms with van der Waals surface area (Å²) in [4.78, 5) is 24.0. The maximum Gasteiger partial charge on any atom is 0.255 e. The first kappa shape index (κ1) is 15.1. The number of Topliss-reactive ketones (excluding diaryl/α,β-unsaturated/α-hetero) is 1. The van der Waals surface area contributed by atoms with Gasteiger partial charge in [0.15, 0.2) is 5.78 Å². The maximum absolute atomic E-state index is 12.1. The molecule has 0 aliphatic heterocycles. The highest BCUT2D eigenvalue weighted by molar-refractivity contribution is 6.31. The SMILES string of the molecule is COc1ccc(Cl)cc1C(=O)NCC(=O)c1ccccc1. The first-order valence-electron chi connectivity index (χ1n) is 6.32. The van der Waals surface area contributed by atoms with Crippen LogP contribution >= 0.6 is 11.6 Å². The number of ketones is 1. The molecule has 108 valence electrons. The van der Waals surface area contributed by atoms with Gasteiger partial charge in [0.2, 0.25) is 0 Å². The third kappa shape index (κ3) is 3.83. The largest absolute Gasteiger partial charge is 0.496 e. The number of benzene rings is 2. The predicted molar refractivity (Wildman–Crippen MR) is 81.1 cm³/mol. The molecular weight excluding hydrogens is 290 g/mol. The Balaban J connectivity index is 2.05. The van der Waals surface area contributed by atoms with Crippen molar-refractivity contribution in [3.05, 3.63) is 64.7 Å². The Morgan fingerprint density at radius 3 is 2.52 bits per heavy atom. The van der Waals surface area contributed by atoms with E-state index in [4.69, 9.17) is 16.3 Å². The van der Waals surface area contributed by atoms with Gasteiger partial charge >= 0.3 is 0 Å². The highest BCUT2D eigenvalue weighted by Gasteiger charge is 2.14. The molecule has 2 aromatic carbocycles. The minimum Gasteiger partial charge on any atom is -0.496 e. The van der Waals surface area contributed by atoms with Gasteiger partial charge in [-0.15, -0.1) is 0 Å². The van der Waals surface area contributed by atoms with Crippen molar-refractivity contribution < 1.29 is 14.3 Å². The molecule has 0 unspecified atom stereocenters. The Bertz CT molecular complexity index is 656. The van der Waals surface area contributed by atoms with E-state index >= 15 is 0 Å². The molecule has 0 heterocycles. The second kappa shape index (κ2) is 6.90. The fourth-order valence-electron chi connectivity index (χ4n) is 1.84. The first-order chi connectivity index (χ1) is 10.1. The van der Waals surface area contributed by atoms with Gasteiger partial charge in [-0.25, -0.2) is 0 Å². The van der Waals surface area contributed by atoms with Crippen molar-refractivity contribution in [1.82, 2.24) is 5.32 Å². The topological polar surface area (TPSA) is 55.4 Å². The summed E-state index contributed by atoms with van der Waals surface area (Å²) in [5.41, 5.74) is 0.849. The lowest BCUT2D eigenvalue weighted by molar-refractivity contribution is 0.0902. The van der Waals surface area contributed by atoms with Crippen LogP contribution in [-0.4, -0.2) is 25.3 Å². The molecule has 0 bridgehead atoms. The van der Waals surface area contributed by atoms with Gasteiger partial charge < -0.3 is 10.1 Å². The van der Waals surface area contributed by atoms with Gasteiger partial charge in [0.05, 0.1) is 19.2 Å². The average Bonchev–Trinajstić information content (AvgIpc) is 2.53. The van der Waals surface area contributed by atoms with E-state index in [1.807, 2.05) is 6.07 Å². The molecule has 2 rings (SSSR count). The van der Waals surface area contributed by atoms with Crippen LogP contribution in [0.5, 0.6) is 5.75 Å². The number of amides is 1. The molecule has 21 heavy (non-hydrogen) atoms. The van der Waals surface area contributed by atoms with Crippen LogP contribution in [0, 0.1) is 0 Å². The average molecular weight is 304 g/mol. The van der Waals surface area contributed by atoms with E-state index in [1.165, 1.54) is 13.2 Å². The van der Waals surface area contributed by atoms with E-state index in [0.717, 1.165) is 0 Å². The third-order valence-corrected chi connectivity index (χ3v) is 3.15. The van der Waals surface area contributed by atoms with Crippen molar-refractivity contribution >= 4 is 23.3 Å². The lowest BCUT2D eigenvalue weighted by Gasteiger charge is -2.09. The van der Waals surface area contributed by atoms with Crippen molar-refractivity contribution in [2.75, 3.05) is 13.7 Å². The van der Waals surface area contributed by atoms with E-state index < -0.39 is 5.91 Å². The second-order valence-corrected chi connectivity index (χ2v) is 4.75. The summed E-state index contributed by atoms with van der Waals surface area (Å²) >= 11 is 5.87. The molecule has 0 radical (unpaired) electrons. The van der Waals surface area contributed by atoms with Gasteiger partial charge in [0.1, 0.15) is 5.75 Å². The maximum atomic E-state index is 12.1. The number of methoxy groups -OCH3 is 1. The standard InChI is InChI=1S/C16H14ClNO3/c1-21-15-8-7-12(17)9-13(15)16(20)18-10-14(19)11-5-3-2-4-6-11/h2-9H,10H2,1H3,(H,18,20). The summed E-state index contributed by atoms with van der Waals surface area (Å²) in [6.07, 6.45) is 0. The van der Waals surface area contributed by atoms with Crippen molar-refractivity contribution in [3.8, 4) is 5.75 Å². The van der Waals surface area contributed by atoms with E-state index in [9.17, 15) is 9.59 Å². The summed E-state index contributed by atoms with van der Waals surface area (Å²) in [5.74, 6) is -0.160. The smallest absolute Gasteiger partial charge is 0.255 e. The zero-order chi connectivity index (χ0) is 15.2. The fraction of sp³-hybridized carbons (Fsp3) is 0.125. The Morgan fingerprint density at radius 2 is 1.86 bits per heavy atom. The molecule has 0 aliphatic carbocycles. The quantitative estimate of drug-likeness (QED) is 0.864. The van der Waals surface area contributed by atoms with Gasteiger partial charge in [-0.1, -0.05) is 41.9 Å². The van der Waals surface area contributed by atoms with E-state index in [2.05, 4.69) is 5.32 Å². The molecule has 0 saturated heterocycles. The molecule has 0 aliphatic rings. The summed E-state index contributed by atoms with van der Waals surface area (Å²) < 4.78 is 5.11. The monoisotopic (exact) mass is 303 g/mol. The van der Waals surface area contributed by atoms with Gasteiger partial charge in [-0.05, 0) is 18.2 Å². The normalized spacial score (nSPS) is 10.0. The van der Waals surface area contributed by atoms with Crippen molar-refractivity contribution in [2.24, 2.45) is 0 Å². The van der Waals surface area contributed by atoms with E-state index in [1.54, 1.807) is 36.4 Å². The summed E-state index contributed by atoms with van der Waals surface area (Å²) in [7, 11) is 1.47. The number of carbonyl (C=O) groups is 2. The lowest BCUT2D eigenvalue weighted by atomic mass is 10.1. The van der Waals surface area contributed by atoms with Gasteiger partial charge in [0.25, 0.3) is 5.91 Å². The van der Waals surface area contributed by atoms with Gasteiger partial charge in [-0.3, -0.25) is 9.59 Å². The number of carbonyl (C=O) groups excluding carboxylic acids is 2. The van der Waals surface area contributed by atoms with Crippen LogP contribution in [0.1, 0.15) is 20.7 Å². The number of nitrogens with one attached hydrogen (secondary N) is 1. The van der Waals surface area contributed by atoms with E-state index in [-0.39, 0.29) is 12.3 Å². The molecule has 5 heteroatoms. The van der Waals surface area contributed by atoms with Crippen LogP contribution in [0.4, 0.5) is 0 Å². The molecule has 2 aromatic rings. The highest BCUT2D eigenvalue weighted by atomic mass is 35.5. The highest BCUT2D eigenvalue weighted by Crippen LogP contribution is 2.22. The van der Waals surface area contributed by atoms with Crippen LogP contribution < -0.4 is 10.1 Å².